The number of rotatable bonds is 3. The van der Waals surface area contributed by atoms with Gasteiger partial charge in [-0.15, -0.1) is 23.7 Å². The van der Waals surface area contributed by atoms with Gasteiger partial charge in [0.2, 0.25) is 0 Å². The number of anilines is 2. The topological polar surface area (TPSA) is 38.0 Å². The molecular weight excluding hydrogens is 228 g/mol. The highest BCUT2D eigenvalue weighted by Gasteiger charge is 1.93. The normalized spacial score (nSPS) is 9.33. The summed E-state index contributed by atoms with van der Waals surface area (Å²) in [6.45, 7) is 0.877. The van der Waals surface area contributed by atoms with Gasteiger partial charge in [0.05, 0.1) is 0 Å². The van der Waals surface area contributed by atoms with Crippen molar-refractivity contribution in [2.45, 2.75) is 6.54 Å². The molecule has 0 saturated heterocycles. The van der Waals surface area contributed by atoms with Crippen molar-refractivity contribution in [2.75, 3.05) is 11.1 Å². The SMILES string of the molecule is Cl.Nc1ccc(NCc2cccs2)cc1. The van der Waals surface area contributed by atoms with Gasteiger partial charge in [0.1, 0.15) is 0 Å². The van der Waals surface area contributed by atoms with Gasteiger partial charge in [-0.3, -0.25) is 0 Å². The molecule has 0 unspecified atom stereocenters. The second kappa shape index (κ2) is 5.63. The van der Waals surface area contributed by atoms with Gasteiger partial charge in [-0.25, -0.2) is 0 Å². The highest BCUT2D eigenvalue weighted by molar-refractivity contribution is 7.09. The number of halogens is 1. The summed E-state index contributed by atoms with van der Waals surface area (Å²) in [6, 6.07) is 12.0. The van der Waals surface area contributed by atoms with Gasteiger partial charge in [-0.05, 0) is 35.7 Å². The van der Waals surface area contributed by atoms with Crippen molar-refractivity contribution < 1.29 is 0 Å². The average Bonchev–Trinajstić information content (AvgIpc) is 2.70. The first-order valence-corrected chi connectivity index (χ1v) is 5.34. The average molecular weight is 241 g/mol. The largest absolute Gasteiger partial charge is 0.399 e. The van der Waals surface area contributed by atoms with Gasteiger partial charge in [0.15, 0.2) is 0 Å². The molecule has 1 aromatic carbocycles. The molecule has 80 valence electrons. The molecule has 15 heavy (non-hydrogen) atoms. The fourth-order valence-electron chi connectivity index (χ4n) is 1.20. The molecule has 1 heterocycles. The lowest BCUT2D eigenvalue weighted by molar-refractivity contribution is 1.19. The molecule has 2 rings (SSSR count). The monoisotopic (exact) mass is 240 g/mol. The predicted molar refractivity (Wildman–Crippen MR) is 69.7 cm³/mol. The minimum absolute atomic E-state index is 0. The van der Waals surface area contributed by atoms with Crippen LogP contribution < -0.4 is 11.1 Å². The molecule has 2 aromatic rings. The van der Waals surface area contributed by atoms with Crippen LogP contribution in [-0.4, -0.2) is 0 Å². The standard InChI is InChI=1S/C11H12N2S.ClH/c12-9-3-5-10(6-4-9)13-8-11-2-1-7-14-11;/h1-7,13H,8,12H2;1H. The number of hydrogen-bond donors (Lipinski definition) is 2. The van der Waals surface area contributed by atoms with E-state index in [1.807, 2.05) is 24.3 Å². The lowest BCUT2D eigenvalue weighted by Gasteiger charge is -2.04. The third-order valence-corrected chi connectivity index (χ3v) is 2.83. The number of benzene rings is 1. The molecule has 0 amide bonds. The Morgan fingerprint density at radius 2 is 1.87 bits per heavy atom. The lowest BCUT2D eigenvalue weighted by Crippen LogP contribution is -1.97. The minimum Gasteiger partial charge on any atom is -0.399 e. The highest BCUT2D eigenvalue weighted by Crippen LogP contribution is 2.14. The lowest BCUT2D eigenvalue weighted by atomic mass is 10.3. The van der Waals surface area contributed by atoms with Crippen LogP contribution in [-0.2, 0) is 6.54 Å². The number of nitrogens with one attached hydrogen (secondary N) is 1. The third kappa shape index (κ3) is 3.46. The summed E-state index contributed by atoms with van der Waals surface area (Å²) in [7, 11) is 0. The second-order valence-electron chi connectivity index (χ2n) is 3.05. The fourth-order valence-corrected chi connectivity index (χ4v) is 1.85. The van der Waals surface area contributed by atoms with Crippen LogP contribution in [0.25, 0.3) is 0 Å². The molecule has 4 heteroatoms. The molecule has 0 aliphatic rings. The Bertz CT molecular complexity index is 383. The molecule has 0 atom stereocenters. The molecule has 0 fully saturated rings. The zero-order valence-corrected chi connectivity index (χ0v) is 9.78. The van der Waals surface area contributed by atoms with E-state index in [0.29, 0.717) is 0 Å². The molecule has 0 spiro atoms. The van der Waals surface area contributed by atoms with Crippen LogP contribution in [0.15, 0.2) is 41.8 Å². The van der Waals surface area contributed by atoms with Crippen molar-refractivity contribution in [2.24, 2.45) is 0 Å². The van der Waals surface area contributed by atoms with Gasteiger partial charge in [-0.1, -0.05) is 6.07 Å². The van der Waals surface area contributed by atoms with Crippen LogP contribution >= 0.6 is 23.7 Å². The van der Waals surface area contributed by atoms with Gasteiger partial charge in [-0.2, -0.15) is 0 Å². The second-order valence-corrected chi connectivity index (χ2v) is 4.09. The van der Waals surface area contributed by atoms with Gasteiger partial charge < -0.3 is 11.1 Å². The summed E-state index contributed by atoms with van der Waals surface area (Å²) >= 11 is 1.76. The Morgan fingerprint density at radius 3 is 2.47 bits per heavy atom. The van der Waals surface area contributed by atoms with Crippen molar-refractivity contribution in [1.29, 1.82) is 0 Å². The van der Waals surface area contributed by atoms with E-state index in [9.17, 15) is 0 Å². The van der Waals surface area contributed by atoms with E-state index in [4.69, 9.17) is 5.73 Å². The first-order valence-electron chi connectivity index (χ1n) is 4.46. The van der Waals surface area contributed by atoms with E-state index in [1.165, 1.54) is 4.88 Å². The molecule has 0 aliphatic carbocycles. The van der Waals surface area contributed by atoms with Crippen molar-refractivity contribution in [3.05, 3.63) is 46.7 Å². The zero-order chi connectivity index (χ0) is 9.80. The minimum atomic E-state index is 0. The summed E-state index contributed by atoms with van der Waals surface area (Å²) in [5.74, 6) is 0. The van der Waals surface area contributed by atoms with E-state index in [1.54, 1.807) is 11.3 Å². The van der Waals surface area contributed by atoms with Crippen LogP contribution in [0.4, 0.5) is 11.4 Å². The van der Waals surface area contributed by atoms with E-state index in [0.717, 1.165) is 17.9 Å². The first kappa shape index (κ1) is 11.9. The molecule has 0 aliphatic heterocycles. The molecule has 2 nitrogen and oxygen atoms in total. The Hall–Kier alpha value is -1.19. The number of hydrogen-bond acceptors (Lipinski definition) is 3. The van der Waals surface area contributed by atoms with Crippen LogP contribution in [0.1, 0.15) is 4.88 Å². The van der Waals surface area contributed by atoms with E-state index < -0.39 is 0 Å². The molecule has 0 radical (unpaired) electrons. The molecule has 0 saturated carbocycles. The van der Waals surface area contributed by atoms with Crippen molar-refractivity contribution in [3.8, 4) is 0 Å². The zero-order valence-electron chi connectivity index (χ0n) is 8.14. The van der Waals surface area contributed by atoms with Crippen LogP contribution in [0.2, 0.25) is 0 Å². The summed E-state index contributed by atoms with van der Waals surface area (Å²) in [5, 5.41) is 5.41. The summed E-state index contributed by atoms with van der Waals surface area (Å²) in [5.41, 5.74) is 7.49. The molecule has 0 bridgehead atoms. The quantitative estimate of drug-likeness (QED) is 0.808. The number of thiophene rings is 1. The summed E-state index contributed by atoms with van der Waals surface area (Å²) in [4.78, 5) is 1.34. The molecule has 1 aromatic heterocycles. The first-order chi connectivity index (χ1) is 6.84. The van der Waals surface area contributed by atoms with Gasteiger partial charge in [0, 0.05) is 22.8 Å². The van der Waals surface area contributed by atoms with E-state index in [2.05, 4.69) is 22.8 Å². The van der Waals surface area contributed by atoms with Gasteiger partial charge in [0.25, 0.3) is 0 Å². The van der Waals surface area contributed by atoms with E-state index in [-0.39, 0.29) is 12.4 Å². The van der Waals surface area contributed by atoms with E-state index >= 15 is 0 Å². The Balaban J connectivity index is 0.00000112. The Labute approximate surface area is 99.5 Å². The maximum atomic E-state index is 5.59. The van der Waals surface area contributed by atoms with Crippen molar-refractivity contribution >= 4 is 35.1 Å². The Kier molecular flexibility index (Phi) is 4.46. The van der Waals surface area contributed by atoms with Crippen molar-refractivity contribution in [3.63, 3.8) is 0 Å². The highest BCUT2D eigenvalue weighted by atomic mass is 35.5. The molecule has 3 N–H and O–H groups in total. The Morgan fingerprint density at radius 1 is 1.13 bits per heavy atom. The smallest absolute Gasteiger partial charge is 0.0494 e. The summed E-state index contributed by atoms with van der Waals surface area (Å²) < 4.78 is 0. The summed E-state index contributed by atoms with van der Waals surface area (Å²) in [6.07, 6.45) is 0. The molecular formula is C11H13ClN2S. The van der Waals surface area contributed by atoms with Crippen LogP contribution in [0.5, 0.6) is 0 Å². The number of nitrogen functional groups attached to an aromatic ring is 1. The predicted octanol–water partition coefficient (Wildman–Crippen LogP) is 3.36. The fraction of sp³-hybridized carbons (Fsp3) is 0.0909. The van der Waals surface area contributed by atoms with Crippen LogP contribution in [0.3, 0.4) is 0 Å². The third-order valence-electron chi connectivity index (χ3n) is 1.96. The van der Waals surface area contributed by atoms with Crippen molar-refractivity contribution in [1.82, 2.24) is 0 Å². The maximum Gasteiger partial charge on any atom is 0.0494 e. The van der Waals surface area contributed by atoms with Crippen LogP contribution in [0, 0.1) is 0 Å². The van der Waals surface area contributed by atoms with Gasteiger partial charge >= 0.3 is 0 Å². The number of nitrogens with two attached hydrogens (primary N) is 1. The maximum absolute atomic E-state index is 5.59.